The minimum absolute atomic E-state index is 0.0506. The van der Waals surface area contributed by atoms with Crippen molar-refractivity contribution in [3.63, 3.8) is 0 Å². The molecule has 2 heterocycles. The van der Waals surface area contributed by atoms with Crippen molar-refractivity contribution in [3.05, 3.63) is 38.8 Å². The molecule has 0 aliphatic rings. The van der Waals surface area contributed by atoms with Crippen LogP contribution in [0.5, 0.6) is 0 Å². The molecule has 0 amide bonds. The molecular formula is C11H12BrN5S. The van der Waals surface area contributed by atoms with Crippen LogP contribution >= 0.6 is 27.3 Å². The van der Waals surface area contributed by atoms with Gasteiger partial charge in [-0.15, -0.1) is 11.3 Å². The van der Waals surface area contributed by atoms with E-state index in [2.05, 4.69) is 37.3 Å². The largest absolute Gasteiger partial charge is 0.382 e. The van der Waals surface area contributed by atoms with Crippen molar-refractivity contribution in [3.8, 4) is 0 Å². The third-order valence-corrected chi connectivity index (χ3v) is 3.86. The lowest BCUT2D eigenvalue weighted by Gasteiger charge is -2.16. The topological polar surface area (TPSA) is 78.9 Å². The molecule has 0 aliphatic heterocycles. The Kier molecular flexibility index (Phi) is 3.93. The Morgan fingerprint density at radius 1 is 1.61 bits per heavy atom. The number of anilines is 1. The number of hydrogen-bond acceptors (Lipinski definition) is 5. The molecule has 0 saturated carbocycles. The smallest absolute Gasteiger partial charge is 0.226 e. The molecule has 0 unspecified atom stereocenters. The number of thiophene rings is 1. The van der Waals surface area contributed by atoms with Gasteiger partial charge in [-0.3, -0.25) is 5.41 Å². The molecule has 5 nitrogen and oxygen atoms in total. The van der Waals surface area contributed by atoms with Crippen LogP contribution < -0.4 is 10.6 Å². The predicted octanol–water partition coefficient (Wildman–Crippen LogP) is 2.22. The predicted molar refractivity (Wildman–Crippen MR) is 77.2 cm³/mol. The van der Waals surface area contributed by atoms with Gasteiger partial charge in [-0.1, -0.05) is 0 Å². The van der Waals surface area contributed by atoms with Gasteiger partial charge in [0.05, 0.1) is 3.79 Å². The van der Waals surface area contributed by atoms with E-state index in [0.29, 0.717) is 18.2 Å². The SMILES string of the molecule is CN(Cc1csc(Br)c1)c1nccc(C(=N)N)n1. The standard InChI is InChI=1S/C11H12BrN5S/c1-17(5-7-4-9(12)18-6-7)11-15-3-2-8(16-11)10(13)14/h2-4,6H,5H2,1H3,(H3,13,14). The monoisotopic (exact) mass is 325 g/mol. The maximum absolute atomic E-state index is 7.36. The number of nitrogens with zero attached hydrogens (tertiary/aromatic N) is 3. The van der Waals surface area contributed by atoms with Gasteiger partial charge < -0.3 is 10.6 Å². The number of aromatic nitrogens is 2. The van der Waals surface area contributed by atoms with Gasteiger partial charge in [0.15, 0.2) is 0 Å². The normalized spacial score (nSPS) is 10.3. The lowest BCUT2D eigenvalue weighted by atomic mass is 10.3. The lowest BCUT2D eigenvalue weighted by molar-refractivity contribution is 0.867. The van der Waals surface area contributed by atoms with E-state index in [1.165, 1.54) is 5.56 Å². The number of nitrogen functional groups attached to an aromatic ring is 1. The molecule has 7 heteroatoms. The molecule has 2 aromatic heterocycles. The second kappa shape index (κ2) is 5.45. The highest BCUT2D eigenvalue weighted by atomic mass is 79.9. The summed E-state index contributed by atoms with van der Waals surface area (Å²) in [5.74, 6) is 0.510. The maximum Gasteiger partial charge on any atom is 0.226 e. The van der Waals surface area contributed by atoms with Crippen molar-refractivity contribution >= 4 is 39.1 Å². The fraction of sp³-hybridized carbons (Fsp3) is 0.182. The zero-order valence-electron chi connectivity index (χ0n) is 9.72. The molecule has 0 aliphatic carbocycles. The van der Waals surface area contributed by atoms with Gasteiger partial charge in [-0.2, -0.15) is 0 Å². The molecule has 0 aromatic carbocycles. The third-order valence-electron chi connectivity index (χ3n) is 2.30. The van der Waals surface area contributed by atoms with E-state index >= 15 is 0 Å². The van der Waals surface area contributed by atoms with Crippen LogP contribution in [0, 0.1) is 5.41 Å². The summed E-state index contributed by atoms with van der Waals surface area (Å²) in [6, 6.07) is 3.69. The summed E-state index contributed by atoms with van der Waals surface area (Å²) >= 11 is 5.08. The summed E-state index contributed by atoms with van der Waals surface area (Å²) in [5, 5.41) is 9.44. The summed E-state index contributed by atoms with van der Waals surface area (Å²) in [7, 11) is 1.91. The first-order valence-corrected chi connectivity index (χ1v) is 6.85. The summed E-state index contributed by atoms with van der Waals surface area (Å²) in [4.78, 5) is 10.3. The molecule has 2 aromatic rings. The van der Waals surface area contributed by atoms with Crippen molar-refractivity contribution in [1.29, 1.82) is 5.41 Å². The van der Waals surface area contributed by atoms with Crippen molar-refractivity contribution in [1.82, 2.24) is 9.97 Å². The molecule has 0 fully saturated rings. The quantitative estimate of drug-likeness (QED) is 0.667. The second-order valence-electron chi connectivity index (χ2n) is 3.77. The molecule has 3 N–H and O–H groups in total. The Balaban J connectivity index is 2.15. The van der Waals surface area contributed by atoms with Gasteiger partial charge >= 0.3 is 0 Å². The average molecular weight is 326 g/mol. The summed E-state index contributed by atoms with van der Waals surface area (Å²) in [5.41, 5.74) is 7.04. The van der Waals surface area contributed by atoms with Crippen LogP contribution in [-0.4, -0.2) is 22.9 Å². The van der Waals surface area contributed by atoms with Crippen molar-refractivity contribution in [2.45, 2.75) is 6.54 Å². The van der Waals surface area contributed by atoms with Crippen LogP contribution in [0.4, 0.5) is 5.95 Å². The number of rotatable bonds is 4. The van der Waals surface area contributed by atoms with Crippen molar-refractivity contribution < 1.29 is 0 Å². The Morgan fingerprint density at radius 3 is 3.00 bits per heavy atom. The Labute approximate surface area is 117 Å². The van der Waals surface area contributed by atoms with Gasteiger partial charge in [-0.05, 0) is 39.0 Å². The number of halogens is 1. The highest BCUT2D eigenvalue weighted by molar-refractivity contribution is 9.11. The van der Waals surface area contributed by atoms with Crippen molar-refractivity contribution in [2.75, 3.05) is 11.9 Å². The number of amidine groups is 1. The zero-order chi connectivity index (χ0) is 13.1. The first kappa shape index (κ1) is 13.0. The van der Waals surface area contributed by atoms with E-state index < -0.39 is 0 Å². The summed E-state index contributed by atoms with van der Waals surface area (Å²) in [6.45, 7) is 0.712. The van der Waals surface area contributed by atoms with E-state index in [1.54, 1.807) is 23.6 Å². The summed E-state index contributed by atoms with van der Waals surface area (Å²) in [6.07, 6.45) is 1.61. The van der Waals surface area contributed by atoms with E-state index in [-0.39, 0.29) is 5.84 Å². The molecule has 0 radical (unpaired) electrons. The highest BCUT2D eigenvalue weighted by Crippen LogP contribution is 2.22. The Morgan fingerprint density at radius 2 is 2.39 bits per heavy atom. The Hall–Kier alpha value is -1.47. The molecule has 0 spiro atoms. The van der Waals surface area contributed by atoms with E-state index in [0.717, 1.165) is 3.79 Å². The van der Waals surface area contributed by atoms with Gasteiger partial charge in [0.25, 0.3) is 0 Å². The molecule has 0 atom stereocenters. The van der Waals surface area contributed by atoms with E-state index in [9.17, 15) is 0 Å². The van der Waals surface area contributed by atoms with E-state index in [4.69, 9.17) is 11.1 Å². The molecule has 2 rings (SSSR count). The number of hydrogen-bond donors (Lipinski definition) is 2. The first-order valence-electron chi connectivity index (χ1n) is 5.18. The molecule has 18 heavy (non-hydrogen) atoms. The second-order valence-corrected chi connectivity index (χ2v) is 6.06. The maximum atomic E-state index is 7.36. The number of nitrogens with one attached hydrogen (secondary N) is 1. The molecule has 0 bridgehead atoms. The van der Waals surface area contributed by atoms with E-state index in [1.807, 2.05) is 11.9 Å². The van der Waals surface area contributed by atoms with Crippen LogP contribution in [0.25, 0.3) is 0 Å². The van der Waals surface area contributed by atoms with Crippen LogP contribution in [0.1, 0.15) is 11.3 Å². The fourth-order valence-electron chi connectivity index (χ4n) is 1.46. The summed E-state index contributed by atoms with van der Waals surface area (Å²) < 4.78 is 1.10. The van der Waals surface area contributed by atoms with Crippen molar-refractivity contribution in [2.24, 2.45) is 5.73 Å². The fourth-order valence-corrected chi connectivity index (χ4v) is 2.66. The average Bonchev–Trinajstić information content (AvgIpc) is 2.75. The van der Waals surface area contributed by atoms with Gasteiger partial charge in [0, 0.05) is 19.8 Å². The van der Waals surface area contributed by atoms with Crippen LogP contribution in [0.15, 0.2) is 27.5 Å². The van der Waals surface area contributed by atoms with Gasteiger partial charge in [0.2, 0.25) is 5.95 Å². The molecule has 94 valence electrons. The minimum Gasteiger partial charge on any atom is -0.382 e. The number of nitrogens with two attached hydrogens (primary N) is 1. The minimum atomic E-state index is -0.0506. The zero-order valence-corrected chi connectivity index (χ0v) is 12.1. The van der Waals surface area contributed by atoms with Gasteiger partial charge in [0.1, 0.15) is 11.5 Å². The highest BCUT2D eigenvalue weighted by Gasteiger charge is 2.08. The lowest BCUT2D eigenvalue weighted by Crippen LogP contribution is -2.21. The van der Waals surface area contributed by atoms with Crippen LogP contribution in [0.2, 0.25) is 0 Å². The van der Waals surface area contributed by atoms with Gasteiger partial charge in [-0.25, -0.2) is 9.97 Å². The molecule has 0 saturated heterocycles. The third kappa shape index (κ3) is 3.05. The molecular weight excluding hydrogens is 314 g/mol. The first-order chi connectivity index (χ1) is 8.56. The Bertz CT molecular complexity index is 568. The van der Waals surface area contributed by atoms with Crippen LogP contribution in [0.3, 0.4) is 0 Å². The van der Waals surface area contributed by atoms with Crippen LogP contribution in [-0.2, 0) is 6.54 Å².